The molecule has 0 aliphatic heterocycles. The zero-order chi connectivity index (χ0) is 16.5. The van der Waals surface area contributed by atoms with Gasteiger partial charge in [-0.3, -0.25) is 9.59 Å². The van der Waals surface area contributed by atoms with E-state index in [2.05, 4.69) is 10.6 Å². The summed E-state index contributed by atoms with van der Waals surface area (Å²) in [5.74, 6) is 0.00869. The minimum atomic E-state index is -0.0616. The van der Waals surface area contributed by atoms with Gasteiger partial charge in [-0.25, -0.2) is 0 Å². The van der Waals surface area contributed by atoms with Crippen LogP contribution in [0.4, 0.5) is 0 Å². The van der Waals surface area contributed by atoms with E-state index in [1.54, 1.807) is 4.90 Å². The van der Waals surface area contributed by atoms with E-state index >= 15 is 0 Å². The maximum absolute atomic E-state index is 12.2. The Kier molecular flexibility index (Phi) is 7.60. The molecule has 1 aromatic rings. The van der Waals surface area contributed by atoms with Crippen molar-refractivity contribution in [3.8, 4) is 0 Å². The van der Waals surface area contributed by atoms with Crippen molar-refractivity contribution in [2.24, 2.45) is 5.92 Å². The predicted molar refractivity (Wildman–Crippen MR) is 88.6 cm³/mol. The molecule has 0 aromatic heterocycles. The van der Waals surface area contributed by atoms with Crippen LogP contribution in [0.25, 0.3) is 0 Å². The van der Waals surface area contributed by atoms with Gasteiger partial charge < -0.3 is 15.5 Å². The van der Waals surface area contributed by atoms with Crippen molar-refractivity contribution in [1.29, 1.82) is 0 Å². The number of nitrogens with zero attached hydrogens (tertiary/aromatic N) is 1. The third kappa shape index (κ3) is 5.15. The van der Waals surface area contributed by atoms with Crippen molar-refractivity contribution >= 4 is 11.8 Å². The maximum atomic E-state index is 12.2. The zero-order valence-electron chi connectivity index (χ0n) is 14.0. The molecule has 0 fully saturated rings. The van der Waals surface area contributed by atoms with Crippen LogP contribution in [-0.4, -0.2) is 43.4 Å². The summed E-state index contributed by atoms with van der Waals surface area (Å²) in [5.41, 5.74) is 1.67. The molecule has 0 spiro atoms. The molecule has 5 heteroatoms. The summed E-state index contributed by atoms with van der Waals surface area (Å²) in [7, 11) is 1.83. The Morgan fingerprint density at radius 3 is 2.23 bits per heavy atom. The minimum Gasteiger partial charge on any atom is -0.352 e. The molecule has 22 heavy (non-hydrogen) atoms. The van der Waals surface area contributed by atoms with E-state index in [0.717, 1.165) is 5.56 Å². The number of nitrogens with one attached hydrogen (secondary N) is 2. The summed E-state index contributed by atoms with van der Waals surface area (Å²) >= 11 is 0. The molecule has 2 amide bonds. The average molecular weight is 305 g/mol. The fourth-order valence-electron chi connectivity index (χ4n) is 2.22. The second-order valence-electron chi connectivity index (χ2n) is 5.35. The first kappa shape index (κ1) is 18.2. The van der Waals surface area contributed by atoms with E-state index in [1.165, 1.54) is 0 Å². The molecule has 0 saturated heterocycles. The summed E-state index contributed by atoms with van der Waals surface area (Å²) < 4.78 is 0. The van der Waals surface area contributed by atoms with E-state index in [-0.39, 0.29) is 17.7 Å². The van der Waals surface area contributed by atoms with Crippen LogP contribution in [0.5, 0.6) is 0 Å². The second-order valence-corrected chi connectivity index (χ2v) is 5.35. The topological polar surface area (TPSA) is 61.4 Å². The molecule has 0 aliphatic carbocycles. The van der Waals surface area contributed by atoms with Crippen LogP contribution < -0.4 is 10.6 Å². The Bertz CT molecular complexity index is 481. The molecule has 0 aliphatic rings. The number of amides is 2. The van der Waals surface area contributed by atoms with Gasteiger partial charge >= 0.3 is 0 Å². The minimum absolute atomic E-state index is 0.0256. The van der Waals surface area contributed by atoms with Gasteiger partial charge in [0.1, 0.15) is 0 Å². The number of carbonyl (C=O) groups is 2. The lowest BCUT2D eigenvalue weighted by Crippen LogP contribution is -2.34. The van der Waals surface area contributed by atoms with Crippen LogP contribution >= 0.6 is 0 Å². The van der Waals surface area contributed by atoms with Crippen LogP contribution in [0.2, 0.25) is 0 Å². The molecule has 1 rings (SSSR count). The van der Waals surface area contributed by atoms with E-state index in [0.29, 0.717) is 31.7 Å². The first-order chi connectivity index (χ1) is 10.5. The lowest BCUT2D eigenvalue weighted by atomic mass is 10.1. The summed E-state index contributed by atoms with van der Waals surface area (Å²) in [6.07, 6.45) is 0. The van der Waals surface area contributed by atoms with Gasteiger partial charge in [0.25, 0.3) is 5.91 Å². The molecule has 1 aromatic carbocycles. The van der Waals surface area contributed by atoms with Crippen molar-refractivity contribution in [2.75, 3.05) is 26.7 Å². The Labute approximate surface area is 133 Å². The Morgan fingerprint density at radius 1 is 1.14 bits per heavy atom. The number of benzene rings is 1. The van der Waals surface area contributed by atoms with Gasteiger partial charge in [0.05, 0.1) is 0 Å². The van der Waals surface area contributed by atoms with Crippen LogP contribution in [0.1, 0.15) is 36.7 Å². The predicted octanol–water partition coefficient (Wildman–Crippen LogP) is 1.64. The molecule has 1 unspecified atom stereocenters. The third-order valence-electron chi connectivity index (χ3n) is 3.68. The van der Waals surface area contributed by atoms with Gasteiger partial charge in [0.2, 0.25) is 5.91 Å². The van der Waals surface area contributed by atoms with Crippen molar-refractivity contribution in [3.63, 3.8) is 0 Å². The Balaban J connectivity index is 2.58. The average Bonchev–Trinajstić information content (AvgIpc) is 2.54. The van der Waals surface area contributed by atoms with E-state index in [1.807, 2.05) is 52.1 Å². The first-order valence-electron chi connectivity index (χ1n) is 7.83. The van der Waals surface area contributed by atoms with E-state index in [4.69, 9.17) is 0 Å². The molecular weight excluding hydrogens is 278 g/mol. The molecule has 2 N–H and O–H groups in total. The molecule has 1 atom stereocenters. The first-order valence-corrected chi connectivity index (χ1v) is 7.83. The van der Waals surface area contributed by atoms with Crippen molar-refractivity contribution in [1.82, 2.24) is 15.5 Å². The fraction of sp³-hybridized carbons (Fsp3) is 0.529. The molecular formula is C17H27N3O2. The lowest BCUT2D eigenvalue weighted by molar-refractivity contribution is -0.124. The maximum Gasteiger partial charge on any atom is 0.253 e. The smallest absolute Gasteiger partial charge is 0.253 e. The van der Waals surface area contributed by atoms with Gasteiger partial charge in [-0.1, -0.05) is 19.1 Å². The van der Waals surface area contributed by atoms with Gasteiger partial charge in [-0.2, -0.15) is 0 Å². The third-order valence-corrected chi connectivity index (χ3v) is 3.68. The van der Waals surface area contributed by atoms with Crippen LogP contribution in [0.3, 0.4) is 0 Å². The molecule has 122 valence electrons. The molecule has 5 nitrogen and oxygen atoms in total. The van der Waals surface area contributed by atoms with Gasteiger partial charge in [0, 0.05) is 37.7 Å². The largest absolute Gasteiger partial charge is 0.352 e. The second kappa shape index (κ2) is 9.20. The Hall–Kier alpha value is -1.88. The number of hydrogen-bond acceptors (Lipinski definition) is 3. The number of carbonyl (C=O) groups excluding carboxylic acids is 2. The van der Waals surface area contributed by atoms with Crippen LogP contribution in [0.15, 0.2) is 24.3 Å². The highest BCUT2D eigenvalue weighted by Crippen LogP contribution is 2.08. The SMILES string of the molecule is CCN(CC)C(=O)c1ccc(CNC(=O)C(C)CNC)cc1. The highest BCUT2D eigenvalue weighted by Gasteiger charge is 2.13. The van der Waals surface area contributed by atoms with Crippen LogP contribution in [0, 0.1) is 5.92 Å². The highest BCUT2D eigenvalue weighted by atomic mass is 16.2. The van der Waals surface area contributed by atoms with Gasteiger partial charge in [0.15, 0.2) is 0 Å². The summed E-state index contributed by atoms with van der Waals surface area (Å²) in [6.45, 7) is 8.37. The zero-order valence-corrected chi connectivity index (χ0v) is 14.0. The Morgan fingerprint density at radius 2 is 1.73 bits per heavy atom. The standard InChI is InChI=1S/C17H27N3O2/c1-5-20(6-2)17(22)15-9-7-14(8-10-15)12-19-16(21)13(3)11-18-4/h7-10,13,18H,5-6,11-12H2,1-4H3,(H,19,21). The van der Waals surface area contributed by atoms with E-state index in [9.17, 15) is 9.59 Å². The molecule has 0 heterocycles. The monoisotopic (exact) mass is 305 g/mol. The fourth-order valence-corrected chi connectivity index (χ4v) is 2.22. The van der Waals surface area contributed by atoms with E-state index < -0.39 is 0 Å². The van der Waals surface area contributed by atoms with Gasteiger partial charge in [-0.05, 0) is 38.6 Å². The molecule has 0 bridgehead atoms. The highest BCUT2D eigenvalue weighted by molar-refractivity contribution is 5.94. The summed E-state index contributed by atoms with van der Waals surface area (Å²) in [4.78, 5) is 25.8. The quantitative estimate of drug-likeness (QED) is 0.767. The number of hydrogen-bond donors (Lipinski definition) is 2. The lowest BCUT2D eigenvalue weighted by Gasteiger charge is -2.18. The molecule has 0 saturated carbocycles. The van der Waals surface area contributed by atoms with Gasteiger partial charge in [-0.15, -0.1) is 0 Å². The van der Waals surface area contributed by atoms with Crippen molar-refractivity contribution in [3.05, 3.63) is 35.4 Å². The van der Waals surface area contributed by atoms with Crippen LogP contribution in [-0.2, 0) is 11.3 Å². The molecule has 0 radical (unpaired) electrons. The normalized spacial score (nSPS) is 11.8. The number of rotatable bonds is 8. The summed E-state index contributed by atoms with van der Waals surface area (Å²) in [6, 6.07) is 7.41. The van der Waals surface area contributed by atoms with Crippen molar-refractivity contribution < 1.29 is 9.59 Å². The van der Waals surface area contributed by atoms with Crippen molar-refractivity contribution in [2.45, 2.75) is 27.3 Å². The summed E-state index contributed by atoms with van der Waals surface area (Å²) in [5, 5.41) is 5.89.